The molecule has 2 heteroatoms. The van der Waals surface area contributed by atoms with E-state index >= 15 is 0 Å². The Kier molecular flexibility index (Phi) is 4.74. The summed E-state index contributed by atoms with van der Waals surface area (Å²) in [6.45, 7) is 0. The van der Waals surface area contributed by atoms with Crippen LogP contribution in [0, 0.1) is 11.8 Å². The second kappa shape index (κ2) is 6.74. The van der Waals surface area contributed by atoms with Crippen LogP contribution in [-0.4, -0.2) is 17.0 Å². The highest BCUT2D eigenvalue weighted by Gasteiger charge is 2.38. The molecule has 21 heavy (non-hydrogen) atoms. The fourth-order valence-electron chi connectivity index (χ4n) is 4.29. The first-order valence-electron chi connectivity index (χ1n) is 8.51. The lowest BCUT2D eigenvalue weighted by atomic mass is 9.69. The molecule has 2 aliphatic carbocycles. The van der Waals surface area contributed by atoms with Crippen molar-refractivity contribution in [1.82, 2.24) is 0 Å². The summed E-state index contributed by atoms with van der Waals surface area (Å²) in [5.74, 6) is 1.17. The van der Waals surface area contributed by atoms with Crippen LogP contribution in [0.3, 0.4) is 0 Å². The van der Waals surface area contributed by atoms with Gasteiger partial charge in [-0.3, -0.25) is 4.79 Å². The van der Waals surface area contributed by atoms with Crippen molar-refractivity contribution in [3.05, 3.63) is 35.9 Å². The minimum Gasteiger partial charge on any atom is -0.393 e. The molecule has 0 heterocycles. The van der Waals surface area contributed by atoms with Gasteiger partial charge in [0.15, 0.2) is 0 Å². The average molecular weight is 286 g/mol. The van der Waals surface area contributed by atoms with Crippen LogP contribution >= 0.6 is 0 Å². The summed E-state index contributed by atoms with van der Waals surface area (Å²) in [4.78, 5) is 12.4. The number of carbonyl (C=O) groups is 1. The van der Waals surface area contributed by atoms with Crippen molar-refractivity contribution in [3.63, 3.8) is 0 Å². The van der Waals surface area contributed by atoms with E-state index in [4.69, 9.17) is 0 Å². The maximum absolute atomic E-state index is 12.4. The van der Waals surface area contributed by atoms with E-state index in [1.165, 1.54) is 18.4 Å². The van der Waals surface area contributed by atoms with Gasteiger partial charge in [-0.1, -0.05) is 49.6 Å². The minimum atomic E-state index is -0.268. The van der Waals surface area contributed by atoms with E-state index < -0.39 is 0 Å². The number of Topliss-reactive ketones (excluding diaryl/α,β-unsaturated/α-hetero) is 1. The number of aliphatic hydroxyl groups excluding tert-OH is 1. The zero-order valence-corrected chi connectivity index (χ0v) is 12.7. The van der Waals surface area contributed by atoms with Crippen molar-refractivity contribution in [3.8, 4) is 0 Å². The molecule has 2 fully saturated rings. The second-order valence-corrected chi connectivity index (χ2v) is 6.82. The molecule has 2 nitrogen and oxygen atoms in total. The van der Waals surface area contributed by atoms with Gasteiger partial charge in [0.1, 0.15) is 5.78 Å². The number of aliphatic hydroxyl groups is 1. The number of carbonyl (C=O) groups excluding carboxylic acids is 1. The van der Waals surface area contributed by atoms with Crippen LogP contribution in [0.2, 0.25) is 0 Å². The van der Waals surface area contributed by atoms with Gasteiger partial charge in [0.2, 0.25) is 0 Å². The van der Waals surface area contributed by atoms with Crippen LogP contribution in [0.25, 0.3) is 0 Å². The van der Waals surface area contributed by atoms with Gasteiger partial charge in [-0.15, -0.1) is 0 Å². The smallest absolute Gasteiger partial charge is 0.136 e. The van der Waals surface area contributed by atoms with E-state index in [9.17, 15) is 9.90 Å². The van der Waals surface area contributed by atoms with Crippen molar-refractivity contribution in [2.45, 2.75) is 63.4 Å². The molecule has 2 aliphatic rings. The molecule has 0 aromatic heterocycles. The van der Waals surface area contributed by atoms with Crippen molar-refractivity contribution in [1.29, 1.82) is 0 Å². The Morgan fingerprint density at radius 1 is 0.952 bits per heavy atom. The summed E-state index contributed by atoms with van der Waals surface area (Å²) in [5, 5.41) is 10.4. The lowest BCUT2D eigenvalue weighted by Gasteiger charge is -2.35. The zero-order valence-electron chi connectivity index (χ0n) is 12.7. The molecule has 0 radical (unpaired) electrons. The molecular weight excluding hydrogens is 260 g/mol. The largest absolute Gasteiger partial charge is 0.393 e. The van der Waals surface area contributed by atoms with Crippen molar-refractivity contribution >= 4 is 5.78 Å². The molecule has 0 saturated heterocycles. The predicted octanol–water partition coefficient (Wildman–Crippen LogP) is 4.08. The summed E-state index contributed by atoms with van der Waals surface area (Å²) >= 11 is 0. The Morgan fingerprint density at radius 3 is 2.52 bits per heavy atom. The summed E-state index contributed by atoms with van der Waals surface area (Å²) in [7, 11) is 0. The highest BCUT2D eigenvalue weighted by Crippen LogP contribution is 2.41. The maximum Gasteiger partial charge on any atom is 0.136 e. The lowest BCUT2D eigenvalue weighted by Crippen LogP contribution is -2.36. The second-order valence-electron chi connectivity index (χ2n) is 6.82. The summed E-state index contributed by atoms with van der Waals surface area (Å²) in [6, 6.07) is 10.6. The van der Waals surface area contributed by atoms with Crippen molar-refractivity contribution in [2.75, 3.05) is 0 Å². The quantitative estimate of drug-likeness (QED) is 0.832. The van der Waals surface area contributed by atoms with Gasteiger partial charge in [-0.25, -0.2) is 0 Å². The first kappa shape index (κ1) is 14.8. The van der Waals surface area contributed by atoms with Gasteiger partial charge in [-0.05, 0) is 43.1 Å². The third-order valence-corrected chi connectivity index (χ3v) is 5.51. The Hall–Kier alpha value is -1.15. The number of rotatable bonds is 2. The highest BCUT2D eigenvalue weighted by molar-refractivity contribution is 5.82. The van der Waals surface area contributed by atoms with E-state index in [-0.39, 0.29) is 17.9 Å². The van der Waals surface area contributed by atoms with Crippen LogP contribution in [0.1, 0.15) is 62.8 Å². The summed E-state index contributed by atoms with van der Waals surface area (Å²) in [6.07, 6.45) is 7.72. The number of ketones is 1. The van der Waals surface area contributed by atoms with Gasteiger partial charge >= 0.3 is 0 Å². The third kappa shape index (κ3) is 3.37. The molecule has 0 amide bonds. The molecule has 1 aromatic carbocycles. The van der Waals surface area contributed by atoms with E-state index in [0.717, 1.165) is 32.1 Å². The van der Waals surface area contributed by atoms with Crippen LogP contribution in [0.5, 0.6) is 0 Å². The van der Waals surface area contributed by atoms with Crippen LogP contribution in [0.4, 0.5) is 0 Å². The number of hydrogen-bond acceptors (Lipinski definition) is 2. The fourth-order valence-corrected chi connectivity index (χ4v) is 4.29. The monoisotopic (exact) mass is 286 g/mol. The molecule has 4 atom stereocenters. The standard InChI is InChI=1S/C19H26O2/c20-18-10-6-2-5-9-16(18)17-13-15(11-12-19(17)21)14-7-3-1-4-8-14/h1,3-4,7-8,15-18,20H,2,5-6,9-13H2. The molecule has 0 spiro atoms. The minimum absolute atomic E-state index is 0.0806. The summed E-state index contributed by atoms with van der Waals surface area (Å²) in [5.41, 5.74) is 1.36. The molecule has 2 saturated carbocycles. The first-order chi connectivity index (χ1) is 10.3. The molecule has 3 rings (SSSR count). The molecule has 0 aliphatic heterocycles. The average Bonchev–Trinajstić information content (AvgIpc) is 2.73. The Bertz CT molecular complexity index is 468. The topological polar surface area (TPSA) is 37.3 Å². The zero-order chi connectivity index (χ0) is 14.7. The molecule has 1 aromatic rings. The van der Waals surface area contributed by atoms with E-state index in [0.29, 0.717) is 18.1 Å². The number of benzene rings is 1. The number of hydrogen-bond donors (Lipinski definition) is 1. The Balaban J connectivity index is 1.75. The molecular formula is C19H26O2. The third-order valence-electron chi connectivity index (χ3n) is 5.51. The Labute approximate surface area is 127 Å². The van der Waals surface area contributed by atoms with Gasteiger partial charge < -0.3 is 5.11 Å². The molecule has 0 bridgehead atoms. The SMILES string of the molecule is O=C1CCC(c2ccccc2)CC1C1CCCCCC1O. The normalized spacial score (nSPS) is 34.4. The van der Waals surface area contributed by atoms with Crippen LogP contribution in [0.15, 0.2) is 30.3 Å². The molecule has 4 unspecified atom stereocenters. The Morgan fingerprint density at radius 2 is 1.71 bits per heavy atom. The maximum atomic E-state index is 12.4. The summed E-state index contributed by atoms with van der Waals surface area (Å²) < 4.78 is 0. The van der Waals surface area contributed by atoms with Gasteiger partial charge in [0.05, 0.1) is 6.10 Å². The first-order valence-corrected chi connectivity index (χ1v) is 8.51. The van der Waals surface area contributed by atoms with Crippen molar-refractivity contribution < 1.29 is 9.90 Å². The van der Waals surface area contributed by atoms with Gasteiger partial charge in [0.25, 0.3) is 0 Å². The van der Waals surface area contributed by atoms with Gasteiger partial charge in [0, 0.05) is 12.3 Å². The predicted molar refractivity (Wildman–Crippen MR) is 84.1 cm³/mol. The van der Waals surface area contributed by atoms with Crippen molar-refractivity contribution in [2.24, 2.45) is 11.8 Å². The molecule has 114 valence electrons. The molecule has 1 N–H and O–H groups in total. The lowest BCUT2D eigenvalue weighted by molar-refractivity contribution is -0.129. The highest BCUT2D eigenvalue weighted by atomic mass is 16.3. The van der Waals surface area contributed by atoms with E-state index in [1.54, 1.807) is 0 Å². The van der Waals surface area contributed by atoms with E-state index in [1.807, 2.05) is 6.07 Å². The van der Waals surface area contributed by atoms with E-state index in [2.05, 4.69) is 24.3 Å². The van der Waals surface area contributed by atoms with Crippen LogP contribution < -0.4 is 0 Å². The van der Waals surface area contributed by atoms with Crippen LogP contribution in [-0.2, 0) is 4.79 Å². The fraction of sp³-hybridized carbons (Fsp3) is 0.632. The van der Waals surface area contributed by atoms with Gasteiger partial charge in [-0.2, -0.15) is 0 Å².